The minimum absolute atomic E-state index is 0.0340. The molecule has 0 saturated carbocycles. The Balaban J connectivity index is 1.74. The molecule has 0 aliphatic heterocycles. The minimum Gasteiger partial charge on any atom is -0.507 e. The van der Waals surface area contributed by atoms with Crippen LogP contribution in [0.1, 0.15) is 21.7 Å². The number of nitro benzene ring substituents is 1. The van der Waals surface area contributed by atoms with Crippen LogP contribution in [-0.2, 0) is 0 Å². The molecule has 0 spiro atoms. The molecule has 2 aromatic carbocycles. The molecule has 0 bridgehead atoms. The minimum atomic E-state index is -0.587. The van der Waals surface area contributed by atoms with Gasteiger partial charge in [0.25, 0.3) is 11.6 Å². The Kier molecular flexibility index (Phi) is 5.55. The molecule has 0 aliphatic rings. The van der Waals surface area contributed by atoms with Gasteiger partial charge < -0.3 is 9.52 Å². The number of benzene rings is 2. The highest BCUT2D eigenvalue weighted by Gasteiger charge is 2.13. The van der Waals surface area contributed by atoms with Gasteiger partial charge in [-0.05, 0) is 42.8 Å². The van der Waals surface area contributed by atoms with Crippen molar-refractivity contribution in [3.63, 3.8) is 0 Å². The first kappa shape index (κ1) is 19.3. The van der Waals surface area contributed by atoms with Gasteiger partial charge in [-0.3, -0.25) is 14.9 Å². The molecule has 1 aromatic heterocycles. The molecular formula is C19H14BrN3O5. The van der Waals surface area contributed by atoms with Crippen LogP contribution < -0.4 is 5.43 Å². The standard InChI is InChI=1S/C19H14BrN3O5/c1-11-2-4-13(23(26)27)9-15(11)18-7-5-14(28-18)10-21-22-19(25)16-8-12(20)3-6-17(16)24/h2-10,24H,1H3,(H,22,25)/b21-10+. The molecule has 3 aromatic rings. The number of carbonyl (C=O) groups is 1. The van der Waals surface area contributed by atoms with E-state index in [4.69, 9.17) is 4.42 Å². The molecule has 0 radical (unpaired) electrons. The third-order valence-corrected chi connectivity index (χ3v) is 4.38. The number of hydrogen-bond acceptors (Lipinski definition) is 6. The molecule has 0 unspecified atom stereocenters. The SMILES string of the molecule is Cc1ccc([N+](=O)[O-])cc1-c1ccc(/C=N/NC(=O)c2cc(Br)ccc2O)o1. The summed E-state index contributed by atoms with van der Waals surface area (Å²) in [5, 5.41) is 24.5. The van der Waals surface area contributed by atoms with Crippen LogP contribution in [0.4, 0.5) is 5.69 Å². The number of aryl methyl sites for hydroxylation is 1. The van der Waals surface area contributed by atoms with E-state index >= 15 is 0 Å². The lowest BCUT2D eigenvalue weighted by molar-refractivity contribution is -0.384. The van der Waals surface area contributed by atoms with E-state index < -0.39 is 10.8 Å². The molecular weight excluding hydrogens is 430 g/mol. The number of aromatic hydroxyl groups is 1. The summed E-state index contributed by atoms with van der Waals surface area (Å²) < 4.78 is 6.28. The van der Waals surface area contributed by atoms with Gasteiger partial charge in [-0.2, -0.15) is 5.10 Å². The molecule has 0 atom stereocenters. The van der Waals surface area contributed by atoms with Crippen molar-refractivity contribution in [2.24, 2.45) is 5.10 Å². The fourth-order valence-electron chi connectivity index (χ4n) is 2.46. The molecule has 8 nitrogen and oxygen atoms in total. The first-order chi connectivity index (χ1) is 13.3. The number of nitrogens with zero attached hydrogens (tertiary/aromatic N) is 2. The van der Waals surface area contributed by atoms with Crippen LogP contribution in [0, 0.1) is 17.0 Å². The van der Waals surface area contributed by atoms with E-state index in [-0.39, 0.29) is 17.0 Å². The summed E-state index contributed by atoms with van der Waals surface area (Å²) >= 11 is 3.23. The van der Waals surface area contributed by atoms with Crippen LogP contribution in [0.15, 0.2) is 62.5 Å². The lowest BCUT2D eigenvalue weighted by Gasteiger charge is -2.03. The molecule has 1 heterocycles. The summed E-state index contributed by atoms with van der Waals surface area (Å²) in [7, 11) is 0. The van der Waals surface area contributed by atoms with E-state index in [9.17, 15) is 20.0 Å². The van der Waals surface area contributed by atoms with E-state index in [0.717, 1.165) is 5.56 Å². The molecule has 3 rings (SSSR count). The highest BCUT2D eigenvalue weighted by Crippen LogP contribution is 2.29. The fraction of sp³-hybridized carbons (Fsp3) is 0.0526. The molecule has 0 aliphatic carbocycles. The monoisotopic (exact) mass is 443 g/mol. The maximum Gasteiger partial charge on any atom is 0.275 e. The number of phenols is 1. The first-order valence-electron chi connectivity index (χ1n) is 8.02. The second-order valence-electron chi connectivity index (χ2n) is 5.82. The molecule has 9 heteroatoms. The van der Waals surface area contributed by atoms with E-state index in [2.05, 4.69) is 26.5 Å². The summed E-state index contributed by atoms with van der Waals surface area (Å²) in [6.45, 7) is 1.82. The Morgan fingerprint density at radius 3 is 2.79 bits per heavy atom. The molecule has 28 heavy (non-hydrogen) atoms. The van der Waals surface area contributed by atoms with Crippen molar-refractivity contribution in [2.75, 3.05) is 0 Å². The number of amides is 1. The molecule has 0 saturated heterocycles. The van der Waals surface area contributed by atoms with Crippen molar-refractivity contribution in [2.45, 2.75) is 6.92 Å². The lowest BCUT2D eigenvalue weighted by atomic mass is 10.1. The zero-order valence-electron chi connectivity index (χ0n) is 14.5. The number of hydrogen-bond donors (Lipinski definition) is 2. The maximum atomic E-state index is 12.1. The van der Waals surface area contributed by atoms with Crippen LogP contribution in [0.2, 0.25) is 0 Å². The lowest BCUT2D eigenvalue weighted by Crippen LogP contribution is -2.17. The van der Waals surface area contributed by atoms with Gasteiger partial charge in [-0.1, -0.05) is 22.0 Å². The van der Waals surface area contributed by atoms with Crippen LogP contribution in [0.25, 0.3) is 11.3 Å². The quantitative estimate of drug-likeness (QED) is 0.344. The van der Waals surface area contributed by atoms with Crippen molar-refractivity contribution in [1.82, 2.24) is 5.43 Å². The molecule has 142 valence electrons. The third kappa shape index (κ3) is 4.26. The number of rotatable bonds is 5. The van der Waals surface area contributed by atoms with Crippen molar-refractivity contribution < 1.29 is 19.2 Å². The molecule has 0 fully saturated rings. The summed E-state index contributed by atoms with van der Waals surface area (Å²) in [5.41, 5.74) is 3.75. The highest BCUT2D eigenvalue weighted by molar-refractivity contribution is 9.10. The predicted octanol–water partition coefficient (Wildman–Crippen LogP) is 4.40. The number of nitrogens with one attached hydrogen (secondary N) is 1. The zero-order chi connectivity index (χ0) is 20.3. The average molecular weight is 444 g/mol. The Bertz CT molecular complexity index is 1090. The zero-order valence-corrected chi connectivity index (χ0v) is 16.1. The average Bonchev–Trinajstić information content (AvgIpc) is 3.12. The molecule has 2 N–H and O–H groups in total. The summed E-state index contributed by atoms with van der Waals surface area (Å²) in [6.07, 6.45) is 1.29. The Labute approximate surface area is 167 Å². The smallest absolute Gasteiger partial charge is 0.275 e. The molecule has 1 amide bonds. The number of nitro groups is 1. The van der Waals surface area contributed by atoms with Gasteiger partial charge in [0.2, 0.25) is 0 Å². The normalized spacial score (nSPS) is 10.9. The van der Waals surface area contributed by atoms with Gasteiger partial charge >= 0.3 is 0 Å². The number of furan rings is 1. The van der Waals surface area contributed by atoms with Gasteiger partial charge in [-0.15, -0.1) is 0 Å². The van der Waals surface area contributed by atoms with Crippen LogP contribution in [0.3, 0.4) is 0 Å². The van der Waals surface area contributed by atoms with Gasteiger partial charge in [0.1, 0.15) is 17.3 Å². The Hall–Kier alpha value is -3.46. The van der Waals surface area contributed by atoms with E-state index in [1.165, 1.54) is 30.5 Å². The van der Waals surface area contributed by atoms with Crippen LogP contribution in [-0.4, -0.2) is 22.2 Å². The van der Waals surface area contributed by atoms with Gasteiger partial charge in [0, 0.05) is 22.2 Å². The number of carbonyl (C=O) groups excluding carboxylic acids is 1. The van der Waals surface area contributed by atoms with Crippen LogP contribution >= 0.6 is 15.9 Å². The predicted molar refractivity (Wildman–Crippen MR) is 106 cm³/mol. The van der Waals surface area contributed by atoms with E-state index in [0.29, 0.717) is 21.6 Å². The second-order valence-corrected chi connectivity index (χ2v) is 6.73. The van der Waals surface area contributed by atoms with Crippen molar-refractivity contribution >= 4 is 33.7 Å². The number of phenolic OH excluding ortho intramolecular Hbond substituents is 1. The Morgan fingerprint density at radius 1 is 1.25 bits per heavy atom. The van der Waals surface area contributed by atoms with E-state index in [1.807, 2.05) is 6.92 Å². The third-order valence-electron chi connectivity index (χ3n) is 3.89. The van der Waals surface area contributed by atoms with Crippen molar-refractivity contribution in [3.8, 4) is 17.1 Å². The largest absolute Gasteiger partial charge is 0.507 e. The van der Waals surface area contributed by atoms with E-state index in [1.54, 1.807) is 24.3 Å². The van der Waals surface area contributed by atoms with Gasteiger partial charge in [-0.25, -0.2) is 5.43 Å². The second kappa shape index (κ2) is 8.05. The number of non-ortho nitro benzene ring substituents is 1. The van der Waals surface area contributed by atoms with Crippen molar-refractivity contribution in [1.29, 1.82) is 0 Å². The van der Waals surface area contributed by atoms with Gasteiger partial charge in [0.15, 0.2) is 0 Å². The summed E-state index contributed by atoms with van der Waals surface area (Å²) in [6, 6.07) is 12.3. The Morgan fingerprint density at radius 2 is 2.04 bits per heavy atom. The van der Waals surface area contributed by atoms with Crippen molar-refractivity contribution in [3.05, 3.63) is 80.0 Å². The topological polar surface area (TPSA) is 118 Å². The van der Waals surface area contributed by atoms with Gasteiger partial charge in [0.05, 0.1) is 16.7 Å². The van der Waals surface area contributed by atoms with Crippen LogP contribution in [0.5, 0.6) is 5.75 Å². The first-order valence-corrected chi connectivity index (χ1v) is 8.81. The maximum absolute atomic E-state index is 12.1. The summed E-state index contributed by atoms with van der Waals surface area (Å²) in [5.74, 6) is 0.0342. The number of hydrazone groups is 1. The fourth-order valence-corrected chi connectivity index (χ4v) is 2.82. The highest BCUT2D eigenvalue weighted by atomic mass is 79.9. The summed E-state index contributed by atoms with van der Waals surface area (Å²) in [4.78, 5) is 22.6. The number of halogens is 1.